The van der Waals surface area contributed by atoms with Crippen LogP contribution in [-0.4, -0.2) is 37.0 Å². The molecule has 3 rings (SSSR count). The summed E-state index contributed by atoms with van der Waals surface area (Å²) >= 11 is 0. The van der Waals surface area contributed by atoms with E-state index >= 15 is 0 Å². The average molecular weight is 309 g/mol. The largest absolute Gasteiger partial charge is 0.338 e. The zero-order chi connectivity index (χ0) is 14.0. The summed E-state index contributed by atoms with van der Waals surface area (Å²) in [7, 11) is 0. The smallest absolute Gasteiger partial charge is 0.253 e. The van der Waals surface area contributed by atoms with Gasteiger partial charge < -0.3 is 10.2 Å². The number of benzene rings is 1. The Kier molecular flexibility index (Phi) is 5.28. The Bertz CT molecular complexity index is 480. The highest BCUT2D eigenvalue weighted by Gasteiger charge is 2.39. The van der Waals surface area contributed by atoms with Gasteiger partial charge in [-0.1, -0.05) is 19.1 Å². The van der Waals surface area contributed by atoms with Gasteiger partial charge in [-0.3, -0.25) is 4.79 Å². The molecule has 116 valence electrons. The van der Waals surface area contributed by atoms with Crippen LogP contribution < -0.4 is 5.32 Å². The van der Waals surface area contributed by atoms with Crippen molar-refractivity contribution in [3.05, 3.63) is 35.4 Å². The lowest BCUT2D eigenvalue weighted by Gasteiger charge is -2.40. The molecule has 2 fully saturated rings. The van der Waals surface area contributed by atoms with E-state index < -0.39 is 0 Å². The summed E-state index contributed by atoms with van der Waals surface area (Å²) in [6.45, 7) is 6.15. The SMILES string of the molecule is CCc1ccc(C(=O)N2CCCC3(CCNC3)C2)cc1.Cl. The number of aryl methyl sites for hydroxylation is 1. The van der Waals surface area contributed by atoms with Crippen molar-refractivity contribution in [3.63, 3.8) is 0 Å². The van der Waals surface area contributed by atoms with E-state index in [2.05, 4.69) is 29.3 Å². The second-order valence-corrected chi connectivity index (χ2v) is 6.31. The van der Waals surface area contributed by atoms with E-state index in [0.717, 1.165) is 44.6 Å². The van der Waals surface area contributed by atoms with Crippen LogP contribution in [0.3, 0.4) is 0 Å². The van der Waals surface area contributed by atoms with Crippen LogP contribution in [0.25, 0.3) is 0 Å². The van der Waals surface area contributed by atoms with E-state index in [1.54, 1.807) is 0 Å². The van der Waals surface area contributed by atoms with Crippen LogP contribution in [0.1, 0.15) is 42.1 Å². The maximum absolute atomic E-state index is 12.6. The highest BCUT2D eigenvalue weighted by atomic mass is 35.5. The van der Waals surface area contributed by atoms with Crippen molar-refractivity contribution in [1.29, 1.82) is 0 Å². The van der Waals surface area contributed by atoms with Crippen LogP contribution >= 0.6 is 12.4 Å². The van der Waals surface area contributed by atoms with Gasteiger partial charge in [0.25, 0.3) is 5.91 Å². The molecule has 0 bridgehead atoms. The fraction of sp³-hybridized carbons (Fsp3) is 0.588. The molecule has 1 amide bonds. The topological polar surface area (TPSA) is 32.3 Å². The maximum atomic E-state index is 12.6. The number of rotatable bonds is 2. The number of nitrogens with one attached hydrogen (secondary N) is 1. The first-order valence-corrected chi connectivity index (χ1v) is 7.81. The molecule has 0 aliphatic carbocycles. The Labute approximate surface area is 133 Å². The molecule has 1 aromatic carbocycles. The molecule has 2 aliphatic rings. The third-order valence-electron chi connectivity index (χ3n) is 4.89. The first-order chi connectivity index (χ1) is 9.72. The normalized spacial score (nSPS) is 24.9. The summed E-state index contributed by atoms with van der Waals surface area (Å²) in [6.07, 6.45) is 4.64. The van der Waals surface area contributed by atoms with E-state index in [0.29, 0.717) is 5.41 Å². The van der Waals surface area contributed by atoms with Crippen LogP contribution in [0, 0.1) is 5.41 Å². The predicted octanol–water partition coefficient (Wildman–Crippen LogP) is 2.89. The van der Waals surface area contributed by atoms with E-state index in [1.165, 1.54) is 18.4 Å². The lowest BCUT2D eigenvalue weighted by molar-refractivity contribution is 0.0553. The van der Waals surface area contributed by atoms with Gasteiger partial charge in [-0.05, 0) is 49.9 Å². The number of carbonyl (C=O) groups is 1. The minimum atomic E-state index is 0. The van der Waals surface area contributed by atoms with E-state index in [1.807, 2.05) is 12.1 Å². The molecule has 1 aromatic rings. The Morgan fingerprint density at radius 1 is 1.29 bits per heavy atom. The minimum absolute atomic E-state index is 0. The van der Waals surface area contributed by atoms with E-state index in [-0.39, 0.29) is 18.3 Å². The van der Waals surface area contributed by atoms with Gasteiger partial charge in [0.2, 0.25) is 0 Å². The Morgan fingerprint density at radius 3 is 2.67 bits per heavy atom. The maximum Gasteiger partial charge on any atom is 0.253 e. The van der Waals surface area contributed by atoms with Gasteiger partial charge in [-0.15, -0.1) is 12.4 Å². The lowest BCUT2D eigenvalue weighted by atomic mass is 9.79. The lowest BCUT2D eigenvalue weighted by Crippen LogP contribution is -2.47. The van der Waals surface area contributed by atoms with Crippen LogP contribution in [0.5, 0.6) is 0 Å². The molecular weight excluding hydrogens is 284 g/mol. The molecule has 3 nitrogen and oxygen atoms in total. The number of hydrogen-bond donors (Lipinski definition) is 1. The zero-order valence-corrected chi connectivity index (χ0v) is 13.5. The monoisotopic (exact) mass is 308 g/mol. The number of hydrogen-bond acceptors (Lipinski definition) is 2. The van der Waals surface area contributed by atoms with Crippen LogP contribution in [0.2, 0.25) is 0 Å². The molecule has 0 aromatic heterocycles. The number of piperidine rings is 1. The fourth-order valence-corrected chi connectivity index (χ4v) is 3.59. The molecule has 1 unspecified atom stereocenters. The van der Waals surface area contributed by atoms with Gasteiger partial charge >= 0.3 is 0 Å². The van der Waals surface area contributed by atoms with Crippen molar-refractivity contribution >= 4 is 18.3 Å². The summed E-state index contributed by atoms with van der Waals surface area (Å²) < 4.78 is 0. The molecule has 1 N–H and O–H groups in total. The molecule has 2 saturated heterocycles. The number of nitrogens with zero attached hydrogens (tertiary/aromatic N) is 1. The van der Waals surface area contributed by atoms with Gasteiger partial charge in [-0.2, -0.15) is 0 Å². The fourth-order valence-electron chi connectivity index (χ4n) is 3.59. The molecule has 2 heterocycles. The first kappa shape index (κ1) is 16.3. The molecule has 4 heteroatoms. The Morgan fingerprint density at radius 2 is 2.05 bits per heavy atom. The zero-order valence-electron chi connectivity index (χ0n) is 12.7. The Balaban J connectivity index is 0.00000161. The number of carbonyl (C=O) groups excluding carboxylic acids is 1. The summed E-state index contributed by atoms with van der Waals surface area (Å²) in [5.41, 5.74) is 2.47. The highest BCUT2D eigenvalue weighted by molar-refractivity contribution is 5.94. The van der Waals surface area contributed by atoms with Crippen molar-refractivity contribution in [3.8, 4) is 0 Å². The van der Waals surface area contributed by atoms with Gasteiger partial charge in [0.05, 0.1) is 0 Å². The van der Waals surface area contributed by atoms with Crippen LogP contribution in [0.4, 0.5) is 0 Å². The molecule has 21 heavy (non-hydrogen) atoms. The van der Waals surface area contributed by atoms with Crippen molar-refractivity contribution in [2.24, 2.45) is 5.41 Å². The summed E-state index contributed by atoms with van der Waals surface area (Å²) in [5, 5.41) is 3.46. The molecule has 2 aliphatic heterocycles. The van der Waals surface area contributed by atoms with Gasteiger partial charge in [0.15, 0.2) is 0 Å². The average Bonchev–Trinajstić information content (AvgIpc) is 2.94. The Hall–Kier alpha value is -1.06. The molecular formula is C17H25ClN2O. The third-order valence-corrected chi connectivity index (χ3v) is 4.89. The third kappa shape index (κ3) is 3.41. The molecule has 1 spiro atoms. The second kappa shape index (κ2) is 6.80. The van der Waals surface area contributed by atoms with E-state index in [4.69, 9.17) is 0 Å². The van der Waals surface area contributed by atoms with Gasteiger partial charge in [0, 0.05) is 30.6 Å². The quantitative estimate of drug-likeness (QED) is 0.911. The summed E-state index contributed by atoms with van der Waals surface area (Å²) in [4.78, 5) is 14.7. The van der Waals surface area contributed by atoms with Crippen molar-refractivity contribution < 1.29 is 4.79 Å². The summed E-state index contributed by atoms with van der Waals surface area (Å²) in [6, 6.07) is 8.11. The van der Waals surface area contributed by atoms with Gasteiger partial charge in [-0.25, -0.2) is 0 Å². The van der Waals surface area contributed by atoms with Crippen molar-refractivity contribution in [2.45, 2.75) is 32.6 Å². The van der Waals surface area contributed by atoms with Crippen molar-refractivity contribution in [2.75, 3.05) is 26.2 Å². The second-order valence-electron chi connectivity index (χ2n) is 6.31. The molecule has 0 radical (unpaired) electrons. The molecule has 1 atom stereocenters. The van der Waals surface area contributed by atoms with Gasteiger partial charge in [0.1, 0.15) is 0 Å². The van der Waals surface area contributed by atoms with Crippen LogP contribution in [-0.2, 0) is 6.42 Å². The molecule has 0 saturated carbocycles. The van der Waals surface area contributed by atoms with Crippen LogP contribution in [0.15, 0.2) is 24.3 Å². The van der Waals surface area contributed by atoms with Crippen molar-refractivity contribution in [1.82, 2.24) is 10.2 Å². The number of amides is 1. The van der Waals surface area contributed by atoms with E-state index in [9.17, 15) is 4.79 Å². The predicted molar refractivity (Wildman–Crippen MR) is 88.1 cm³/mol. The highest BCUT2D eigenvalue weighted by Crippen LogP contribution is 2.35. The number of halogens is 1. The standard InChI is InChI=1S/C17H24N2O.ClH/c1-2-14-4-6-15(7-5-14)16(20)19-11-3-8-17(13-19)9-10-18-12-17;/h4-7,18H,2-3,8-13H2,1H3;1H. The first-order valence-electron chi connectivity index (χ1n) is 7.81. The summed E-state index contributed by atoms with van der Waals surface area (Å²) in [5.74, 6) is 0.207. The minimum Gasteiger partial charge on any atom is -0.338 e. The number of likely N-dealkylation sites (tertiary alicyclic amines) is 1.